The van der Waals surface area contributed by atoms with Crippen LogP contribution in [-0.4, -0.2) is 16.5 Å². The second kappa shape index (κ2) is 6.70. The normalized spacial score (nSPS) is 12.2. The monoisotopic (exact) mass is 290 g/mol. The molecule has 2 aromatic rings. The first-order chi connectivity index (χ1) is 9.60. The molecule has 1 unspecified atom stereocenters. The zero-order valence-electron chi connectivity index (χ0n) is 12.5. The van der Waals surface area contributed by atoms with Crippen molar-refractivity contribution in [2.75, 3.05) is 17.2 Å². The van der Waals surface area contributed by atoms with Gasteiger partial charge in [0.2, 0.25) is 0 Å². The fraction of sp³-hybridized carbons (Fsp3) is 0.467. The van der Waals surface area contributed by atoms with Crippen LogP contribution in [-0.2, 0) is 0 Å². The Morgan fingerprint density at radius 3 is 2.60 bits per heavy atom. The van der Waals surface area contributed by atoms with Crippen LogP contribution in [0.25, 0.3) is 0 Å². The number of rotatable bonds is 6. The lowest BCUT2D eigenvalue weighted by atomic mass is 10.1. The van der Waals surface area contributed by atoms with Crippen LogP contribution in [0.4, 0.5) is 11.6 Å². The fourth-order valence-corrected chi connectivity index (χ4v) is 3.19. The van der Waals surface area contributed by atoms with Crippen LogP contribution in [0.2, 0.25) is 0 Å². The molecule has 0 aliphatic heterocycles. The lowest BCUT2D eigenvalue weighted by Crippen LogP contribution is -2.09. The fourth-order valence-electron chi connectivity index (χ4n) is 2.17. The molecule has 0 radical (unpaired) electrons. The SMILES string of the molecule is CCCNc1cc(NC(C)c2cc(C)sc2C)ncn1. The zero-order valence-corrected chi connectivity index (χ0v) is 13.3. The highest BCUT2D eigenvalue weighted by Gasteiger charge is 2.11. The minimum absolute atomic E-state index is 0.244. The number of anilines is 2. The van der Waals surface area contributed by atoms with Gasteiger partial charge in [0.1, 0.15) is 18.0 Å². The van der Waals surface area contributed by atoms with Crippen molar-refractivity contribution in [3.05, 3.63) is 33.8 Å². The van der Waals surface area contributed by atoms with Gasteiger partial charge in [-0.2, -0.15) is 0 Å². The number of thiophene rings is 1. The summed E-state index contributed by atoms with van der Waals surface area (Å²) in [6, 6.07) is 4.45. The standard InChI is InChI=1S/C15H22N4S/c1-5-6-16-14-8-15(18-9-17-14)19-11(3)13-7-10(2)20-12(13)4/h7-9,11H,5-6H2,1-4H3,(H2,16,17,18,19). The summed E-state index contributed by atoms with van der Waals surface area (Å²) in [5.74, 6) is 1.73. The van der Waals surface area contributed by atoms with Gasteiger partial charge in [-0.3, -0.25) is 0 Å². The van der Waals surface area contributed by atoms with Gasteiger partial charge in [-0.05, 0) is 38.8 Å². The Balaban J connectivity index is 2.07. The summed E-state index contributed by atoms with van der Waals surface area (Å²) < 4.78 is 0. The minimum atomic E-state index is 0.244. The molecule has 0 amide bonds. The Morgan fingerprint density at radius 1 is 1.20 bits per heavy atom. The smallest absolute Gasteiger partial charge is 0.131 e. The van der Waals surface area contributed by atoms with E-state index in [1.165, 1.54) is 15.3 Å². The van der Waals surface area contributed by atoms with Crippen LogP contribution in [0.1, 0.15) is 41.6 Å². The third kappa shape index (κ3) is 3.70. The first kappa shape index (κ1) is 14.8. The number of aryl methyl sites for hydroxylation is 2. The molecule has 0 aliphatic carbocycles. The van der Waals surface area contributed by atoms with E-state index in [9.17, 15) is 0 Å². The molecule has 0 saturated carbocycles. The summed E-state index contributed by atoms with van der Waals surface area (Å²) in [6.45, 7) is 9.53. The van der Waals surface area contributed by atoms with E-state index in [1.54, 1.807) is 6.33 Å². The molecule has 0 fully saturated rings. The molecule has 108 valence electrons. The van der Waals surface area contributed by atoms with Crippen molar-refractivity contribution in [3.63, 3.8) is 0 Å². The van der Waals surface area contributed by atoms with Gasteiger partial charge in [-0.1, -0.05) is 6.92 Å². The number of nitrogens with one attached hydrogen (secondary N) is 2. The van der Waals surface area contributed by atoms with Crippen molar-refractivity contribution in [1.29, 1.82) is 0 Å². The summed E-state index contributed by atoms with van der Waals surface area (Å²) in [5.41, 5.74) is 1.34. The van der Waals surface area contributed by atoms with Gasteiger partial charge >= 0.3 is 0 Å². The van der Waals surface area contributed by atoms with Crippen LogP contribution >= 0.6 is 11.3 Å². The second-order valence-electron chi connectivity index (χ2n) is 4.95. The predicted octanol–water partition coefficient (Wildman–Crippen LogP) is 4.15. The van der Waals surface area contributed by atoms with Gasteiger partial charge in [-0.15, -0.1) is 11.3 Å². The Morgan fingerprint density at radius 2 is 1.95 bits per heavy atom. The molecule has 1 atom stereocenters. The average Bonchev–Trinajstić information content (AvgIpc) is 2.76. The van der Waals surface area contributed by atoms with E-state index in [-0.39, 0.29) is 6.04 Å². The molecular formula is C15H22N4S. The zero-order chi connectivity index (χ0) is 14.5. The summed E-state index contributed by atoms with van der Waals surface area (Å²) in [6.07, 6.45) is 2.68. The maximum Gasteiger partial charge on any atom is 0.131 e. The van der Waals surface area contributed by atoms with Gasteiger partial charge < -0.3 is 10.6 Å². The van der Waals surface area contributed by atoms with Crippen molar-refractivity contribution in [1.82, 2.24) is 9.97 Å². The summed E-state index contributed by atoms with van der Waals surface area (Å²) in [5, 5.41) is 6.72. The molecule has 2 N–H and O–H groups in total. The maximum atomic E-state index is 4.29. The van der Waals surface area contributed by atoms with Crippen LogP contribution < -0.4 is 10.6 Å². The van der Waals surface area contributed by atoms with Crippen LogP contribution in [0.15, 0.2) is 18.5 Å². The van der Waals surface area contributed by atoms with E-state index in [1.807, 2.05) is 17.4 Å². The number of hydrogen-bond donors (Lipinski definition) is 2. The predicted molar refractivity (Wildman–Crippen MR) is 86.6 cm³/mol. The van der Waals surface area contributed by atoms with E-state index < -0.39 is 0 Å². The highest BCUT2D eigenvalue weighted by atomic mass is 32.1. The van der Waals surface area contributed by atoms with Crippen molar-refractivity contribution < 1.29 is 0 Å². The largest absolute Gasteiger partial charge is 0.370 e. The lowest BCUT2D eigenvalue weighted by Gasteiger charge is -2.15. The van der Waals surface area contributed by atoms with Gasteiger partial charge in [0.25, 0.3) is 0 Å². The van der Waals surface area contributed by atoms with Crippen molar-refractivity contribution >= 4 is 23.0 Å². The number of hydrogen-bond acceptors (Lipinski definition) is 5. The Hall–Kier alpha value is -1.62. The molecule has 2 rings (SSSR count). The molecule has 0 spiro atoms. The summed E-state index contributed by atoms with van der Waals surface area (Å²) in [7, 11) is 0. The molecule has 4 nitrogen and oxygen atoms in total. The summed E-state index contributed by atoms with van der Waals surface area (Å²) in [4.78, 5) is 11.2. The maximum absolute atomic E-state index is 4.29. The topological polar surface area (TPSA) is 49.8 Å². The molecule has 0 bridgehead atoms. The Labute approximate surface area is 124 Å². The van der Waals surface area contributed by atoms with Crippen molar-refractivity contribution in [3.8, 4) is 0 Å². The molecule has 2 heterocycles. The minimum Gasteiger partial charge on any atom is -0.370 e. The third-order valence-corrected chi connectivity index (χ3v) is 4.12. The number of aromatic nitrogens is 2. The molecule has 20 heavy (non-hydrogen) atoms. The second-order valence-corrected chi connectivity index (χ2v) is 6.41. The number of nitrogens with zero attached hydrogens (tertiary/aromatic N) is 2. The highest BCUT2D eigenvalue weighted by Crippen LogP contribution is 2.28. The molecule has 0 saturated heterocycles. The van der Waals surface area contributed by atoms with Gasteiger partial charge in [0, 0.05) is 22.4 Å². The van der Waals surface area contributed by atoms with Gasteiger partial charge in [0.05, 0.1) is 6.04 Å². The van der Waals surface area contributed by atoms with Gasteiger partial charge in [-0.25, -0.2) is 9.97 Å². The van der Waals surface area contributed by atoms with E-state index in [0.717, 1.165) is 24.6 Å². The van der Waals surface area contributed by atoms with Crippen LogP contribution in [0.3, 0.4) is 0 Å². The Kier molecular flexibility index (Phi) is 4.95. The van der Waals surface area contributed by atoms with E-state index in [2.05, 4.69) is 54.4 Å². The quantitative estimate of drug-likeness (QED) is 0.839. The highest BCUT2D eigenvalue weighted by molar-refractivity contribution is 7.12. The van der Waals surface area contributed by atoms with E-state index in [4.69, 9.17) is 0 Å². The Bertz CT molecular complexity index is 565. The van der Waals surface area contributed by atoms with E-state index >= 15 is 0 Å². The molecular weight excluding hydrogens is 268 g/mol. The van der Waals surface area contributed by atoms with Gasteiger partial charge in [0.15, 0.2) is 0 Å². The molecule has 0 aliphatic rings. The lowest BCUT2D eigenvalue weighted by molar-refractivity contribution is 0.868. The van der Waals surface area contributed by atoms with E-state index in [0.29, 0.717) is 0 Å². The van der Waals surface area contributed by atoms with Crippen molar-refractivity contribution in [2.24, 2.45) is 0 Å². The van der Waals surface area contributed by atoms with Crippen molar-refractivity contribution in [2.45, 2.75) is 40.2 Å². The molecule has 5 heteroatoms. The van der Waals surface area contributed by atoms with Crippen LogP contribution in [0, 0.1) is 13.8 Å². The average molecular weight is 290 g/mol. The summed E-state index contributed by atoms with van der Waals surface area (Å²) >= 11 is 1.84. The first-order valence-corrected chi connectivity index (χ1v) is 7.81. The third-order valence-electron chi connectivity index (χ3n) is 3.13. The first-order valence-electron chi connectivity index (χ1n) is 6.99. The molecule has 0 aromatic carbocycles. The molecule has 2 aromatic heterocycles. The van der Waals surface area contributed by atoms with Crippen LogP contribution in [0.5, 0.6) is 0 Å².